The average Bonchev–Trinajstić information content (AvgIpc) is 3.23. The second-order valence-corrected chi connectivity index (χ2v) is 8.97. The number of likely N-dealkylation sites (tertiary alicyclic amines) is 1. The van der Waals surface area contributed by atoms with Gasteiger partial charge in [0.25, 0.3) is 0 Å². The second-order valence-electron chi connectivity index (χ2n) is 8.19. The Labute approximate surface area is 184 Å². The predicted molar refractivity (Wildman–Crippen MR) is 124 cm³/mol. The van der Waals surface area contributed by atoms with Crippen LogP contribution in [-0.4, -0.2) is 55.5 Å². The van der Waals surface area contributed by atoms with E-state index >= 15 is 0 Å². The van der Waals surface area contributed by atoms with Crippen molar-refractivity contribution in [1.82, 2.24) is 20.4 Å². The molecule has 0 bridgehead atoms. The quantitative estimate of drug-likeness (QED) is 0.494. The molecule has 2 aromatic rings. The monoisotopic (exact) mass is 431 g/mol. The molecule has 1 saturated heterocycles. The molecular formula is C23H34FN5S. The lowest BCUT2D eigenvalue weighted by Gasteiger charge is -2.33. The van der Waals surface area contributed by atoms with Crippen molar-refractivity contribution in [1.29, 1.82) is 0 Å². The minimum Gasteiger partial charge on any atom is -0.357 e. The van der Waals surface area contributed by atoms with Crippen LogP contribution in [0.3, 0.4) is 0 Å². The lowest BCUT2D eigenvalue weighted by atomic mass is 10.0. The Morgan fingerprint density at radius 2 is 2.03 bits per heavy atom. The highest BCUT2D eigenvalue weighted by Crippen LogP contribution is 2.16. The Bertz CT molecular complexity index is 798. The highest BCUT2D eigenvalue weighted by Gasteiger charge is 2.20. The predicted octanol–water partition coefficient (Wildman–Crippen LogP) is 3.67. The van der Waals surface area contributed by atoms with E-state index in [0.717, 1.165) is 50.5 Å². The summed E-state index contributed by atoms with van der Waals surface area (Å²) < 4.78 is 14.0. The maximum Gasteiger partial charge on any atom is 0.191 e. The molecule has 1 aromatic heterocycles. The fourth-order valence-electron chi connectivity index (χ4n) is 3.75. The first-order valence-electron chi connectivity index (χ1n) is 10.7. The standard InChI is InChI=1S/C23H34FN5S/c1-4-25-23(26-14-18-5-6-22(24)20(13-18)16-28(2)3)27-21-7-10-29(11-8-21)15-19-9-12-30-17-19/h5-6,9,12-13,17,21H,4,7-8,10-11,14-16H2,1-3H3,(H2,25,26,27). The van der Waals surface area contributed by atoms with Crippen molar-refractivity contribution in [2.24, 2.45) is 4.99 Å². The first-order chi connectivity index (χ1) is 14.5. The number of nitrogens with zero attached hydrogens (tertiary/aromatic N) is 3. The van der Waals surface area contributed by atoms with Gasteiger partial charge < -0.3 is 15.5 Å². The minimum absolute atomic E-state index is 0.157. The third-order valence-corrected chi connectivity index (χ3v) is 6.01. The fourth-order valence-corrected chi connectivity index (χ4v) is 4.41. The minimum atomic E-state index is -0.157. The summed E-state index contributed by atoms with van der Waals surface area (Å²) >= 11 is 1.76. The van der Waals surface area contributed by atoms with Crippen LogP contribution in [0.2, 0.25) is 0 Å². The van der Waals surface area contributed by atoms with Crippen molar-refractivity contribution in [3.63, 3.8) is 0 Å². The van der Waals surface area contributed by atoms with E-state index in [0.29, 0.717) is 24.7 Å². The zero-order valence-corrected chi connectivity index (χ0v) is 19.1. The molecule has 1 aliphatic heterocycles. The van der Waals surface area contributed by atoms with Gasteiger partial charge in [0.2, 0.25) is 0 Å². The van der Waals surface area contributed by atoms with E-state index in [9.17, 15) is 4.39 Å². The van der Waals surface area contributed by atoms with Gasteiger partial charge in [0, 0.05) is 44.3 Å². The number of hydrogen-bond acceptors (Lipinski definition) is 4. The molecule has 1 aromatic carbocycles. The summed E-state index contributed by atoms with van der Waals surface area (Å²) in [5.41, 5.74) is 3.15. The lowest BCUT2D eigenvalue weighted by Crippen LogP contribution is -2.48. The number of thiophene rings is 1. The Hall–Kier alpha value is -1.96. The van der Waals surface area contributed by atoms with Gasteiger partial charge in [-0.05, 0) is 73.9 Å². The summed E-state index contributed by atoms with van der Waals surface area (Å²) in [4.78, 5) is 9.25. The molecule has 0 unspecified atom stereocenters. The molecule has 3 rings (SSSR count). The molecular weight excluding hydrogens is 397 g/mol. The molecule has 1 aliphatic rings. The van der Waals surface area contributed by atoms with E-state index in [-0.39, 0.29) is 5.82 Å². The summed E-state index contributed by atoms with van der Waals surface area (Å²) in [6.07, 6.45) is 2.22. The molecule has 5 nitrogen and oxygen atoms in total. The van der Waals surface area contributed by atoms with Crippen molar-refractivity contribution in [3.8, 4) is 0 Å². The third-order valence-electron chi connectivity index (χ3n) is 5.28. The van der Waals surface area contributed by atoms with Gasteiger partial charge in [-0.1, -0.05) is 6.07 Å². The van der Waals surface area contributed by atoms with Gasteiger partial charge in [-0.25, -0.2) is 9.38 Å². The molecule has 164 valence electrons. The van der Waals surface area contributed by atoms with Crippen LogP contribution in [0.1, 0.15) is 36.5 Å². The Morgan fingerprint density at radius 1 is 1.23 bits per heavy atom. The molecule has 0 aliphatic carbocycles. The molecule has 0 atom stereocenters. The topological polar surface area (TPSA) is 42.9 Å². The number of benzene rings is 1. The van der Waals surface area contributed by atoms with Crippen LogP contribution in [-0.2, 0) is 19.6 Å². The van der Waals surface area contributed by atoms with Crippen molar-refractivity contribution in [2.45, 2.75) is 45.4 Å². The number of halogens is 1. The van der Waals surface area contributed by atoms with E-state index in [2.05, 4.69) is 39.3 Å². The Balaban J connectivity index is 1.53. The SMILES string of the molecule is CCNC(=NCc1ccc(F)c(CN(C)C)c1)NC1CCN(Cc2ccsc2)CC1. The average molecular weight is 432 g/mol. The van der Waals surface area contributed by atoms with Crippen molar-refractivity contribution >= 4 is 17.3 Å². The van der Waals surface area contributed by atoms with Crippen LogP contribution in [0.15, 0.2) is 40.0 Å². The molecule has 7 heteroatoms. The zero-order valence-electron chi connectivity index (χ0n) is 18.3. The number of aliphatic imine (C=N–C) groups is 1. The van der Waals surface area contributed by atoms with E-state index in [1.54, 1.807) is 17.4 Å². The zero-order chi connectivity index (χ0) is 21.3. The van der Waals surface area contributed by atoms with Crippen LogP contribution >= 0.6 is 11.3 Å². The highest BCUT2D eigenvalue weighted by molar-refractivity contribution is 7.07. The molecule has 0 radical (unpaired) electrons. The first-order valence-corrected chi connectivity index (χ1v) is 11.7. The van der Waals surface area contributed by atoms with E-state index < -0.39 is 0 Å². The highest BCUT2D eigenvalue weighted by atomic mass is 32.1. The first kappa shape index (κ1) is 22.7. The van der Waals surface area contributed by atoms with Crippen molar-refractivity contribution in [3.05, 3.63) is 57.5 Å². The van der Waals surface area contributed by atoms with E-state index in [1.165, 1.54) is 5.56 Å². The maximum atomic E-state index is 14.0. The van der Waals surface area contributed by atoms with Gasteiger partial charge in [-0.2, -0.15) is 11.3 Å². The molecule has 0 amide bonds. The van der Waals surface area contributed by atoms with Crippen LogP contribution in [0, 0.1) is 5.82 Å². The Morgan fingerprint density at radius 3 is 2.70 bits per heavy atom. The molecule has 2 heterocycles. The molecule has 0 spiro atoms. The van der Waals surface area contributed by atoms with Gasteiger partial charge in [0.05, 0.1) is 6.54 Å². The molecule has 0 saturated carbocycles. The molecule has 30 heavy (non-hydrogen) atoms. The van der Waals surface area contributed by atoms with Gasteiger partial charge in [-0.3, -0.25) is 4.90 Å². The van der Waals surface area contributed by atoms with Crippen molar-refractivity contribution < 1.29 is 4.39 Å². The smallest absolute Gasteiger partial charge is 0.191 e. The van der Waals surface area contributed by atoms with E-state index in [1.807, 2.05) is 31.1 Å². The lowest BCUT2D eigenvalue weighted by molar-refractivity contribution is 0.198. The number of guanidine groups is 1. The van der Waals surface area contributed by atoms with Gasteiger partial charge in [0.15, 0.2) is 5.96 Å². The van der Waals surface area contributed by atoms with Crippen LogP contribution < -0.4 is 10.6 Å². The largest absolute Gasteiger partial charge is 0.357 e. The number of hydrogen-bond donors (Lipinski definition) is 2. The summed E-state index contributed by atoms with van der Waals surface area (Å²) in [6, 6.07) is 7.94. The van der Waals surface area contributed by atoms with Crippen LogP contribution in [0.25, 0.3) is 0 Å². The second kappa shape index (κ2) is 11.4. The molecule has 2 N–H and O–H groups in total. The molecule has 1 fully saturated rings. The third kappa shape index (κ3) is 7.07. The van der Waals surface area contributed by atoms with Gasteiger partial charge >= 0.3 is 0 Å². The van der Waals surface area contributed by atoms with Crippen molar-refractivity contribution in [2.75, 3.05) is 33.7 Å². The summed E-state index contributed by atoms with van der Waals surface area (Å²) in [5, 5.41) is 11.3. The van der Waals surface area contributed by atoms with Gasteiger partial charge in [0.1, 0.15) is 5.82 Å². The number of nitrogens with one attached hydrogen (secondary N) is 2. The normalized spacial score (nSPS) is 16.2. The summed E-state index contributed by atoms with van der Waals surface area (Å²) in [5.74, 6) is 0.683. The van der Waals surface area contributed by atoms with E-state index in [4.69, 9.17) is 4.99 Å². The number of piperidine rings is 1. The van der Waals surface area contributed by atoms with Crippen LogP contribution in [0.5, 0.6) is 0 Å². The Kier molecular flexibility index (Phi) is 8.66. The summed E-state index contributed by atoms with van der Waals surface area (Å²) in [6.45, 7) is 7.26. The van der Waals surface area contributed by atoms with Gasteiger partial charge in [-0.15, -0.1) is 0 Å². The summed E-state index contributed by atoms with van der Waals surface area (Å²) in [7, 11) is 3.90. The van der Waals surface area contributed by atoms with Crippen LogP contribution in [0.4, 0.5) is 4.39 Å². The number of rotatable bonds is 8. The fraction of sp³-hybridized carbons (Fsp3) is 0.522. The maximum absolute atomic E-state index is 14.0.